The fourth-order valence-electron chi connectivity index (χ4n) is 8.50. The average molecular weight is 921 g/mol. The van der Waals surface area contributed by atoms with E-state index in [2.05, 4.69) is 23.3 Å². The topological polar surface area (TPSA) is 212 Å². The summed E-state index contributed by atoms with van der Waals surface area (Å²) < 4.78 is 12.6. The van der Waals surface area contributed by atoms with Gasteiger partial charge in [-0.1, -0.05) is 85.2 Å². The highest BCUT2D eigenvalue weighted by Gasteiger charge is 2.45. The van der Waals surface area contributed by atoms with E-state index in [1.54, 1.807) is 70.8 Å². The zero-order valence-corrected chi connectivity index (χ0v) is 40.1. The minimum absolute atomic E-state index is 0.0952. The lowest BCUT2D eigenvalue weighted by atomic mass is 9.89. The Morgan fingerprint density at radius 1 is 0.921 bits per heavy atom. The summed E-state index contributed by atoms with van der Waals surface area (Å²) in [4.78, 5) is 111. The molecular weight excluding hydrogens is 853 g/mol. The summed E-state index contributed by atoms with van der Waals surface area (Å²) in [5.74, 6) is -5.94. The van der Waals surface area contributed by atoms with Crippen LogP contribution in [0.5, 0.6) is 0 Å². The van der Waals surface area contributed by atoms with E-state index in [1.807, 2.05) is 19.9 Å². The molecule has 352 valence electrons. The lowest BCUT2D eigenvalue weighted by Crippen LogP contribution is -2.60. The molecule has 1 unspecified atom stereocenters. The van der Waals surface area contributed by atoms with Gasteiger partial charge >= 0.3 is 11.2 Å². The van der Waals surface area contributed by atoms with Crippen molar-refractivity contribution in [2.24, 2.45) is 23.7 Å². The number of nitrogens with one attached hydrogen (secondary N) is 2. The number of likely N-dealkylation sites (N-methyl/N-ethyl adjacent to an activating group) is 2. The highest BCUT2D eigenvalue weighted by Crippen LogP contribution is 2.31. The average Bonchev–Trinajstić information content (AvgIpc) is 3.81. The van der Waals surface area contributed by atoms with E-state index in [-0.39, 0.29) is 31.1 Å². The van der Waals surface area contributed by atoms with Gasteiger partial charge in [-0.2, -0.15) is 12.6 Å². The van der Waals surface area contributed by atoms with E-state index in [1.165, 1.54) is 26.2 Å². The number of ether oxygens (including phenoxy) is 2. The van der Waals surface area contributed by atoms with Crippen molar-refractivity contribution in [3.05, 3.63) is 35.9 Å². The SMILES string of the molecule is CC[C@H](C)[C@@H]([C@@H](CC(=O)N1CCC[C@H]1[C@H](OC)[C@@H](C)C(=O)N[C@@H](Cc1ccccc1)C(=O)O)OC)N(C)C(=O)[C@@H](NC(=O)[C@H](C(C)C)N(C)C(=O)SN1C(=O)CC(S)C1=O)C(C)C. The van der Waals surface area contributed by atoms with Crippen LogP contribution in [0.15, 0.2) is 30.3 Å². The van der Waals surface area contributed by atoms with Crippen molar-refractivity contribution in [2.45, 2.75) is 135 Å². The Hall–Kier alpha value is -4.20. The van der Waals surface area contributed by atoms with Gasteiger partial charge in [0.2, 0.25) is 29.5 Å². The Balaban J connectivity index is 1.78. The molecule has 63 heavy (non-hydrogen) atoms. The number of methoxy groups -OCH3 is 2. The first kappa shape index (κ1) is 53.1. The fraction of sp³-hybridized carbons (Fsp3) is 0.682. The van der Waals surface area contributed by atoms with Crippen LogP contribution in [0, 0.1) is 23.7 Å². The lowest BCUT2D eigenvalue weighted by molar-refractivity contribution is -0.148. The number of carbonyl (C=O) groups excluding carboxylic acids is 7. The normalized spacial score (nSPS) is 20.4. The number of nitrogens with zero attached hydrogens (tertiary/aromatic N) is 4. The minimum Gasteiger partial charge on any atom is -0.480 e. The number of carboxylic acid groups (broad SMARTS) is 1. The number of benzene rings is 1. The molecule has 3 N–H and O–H groups in total. The largest absolute Gasteiger partial charge is 0.480 e. The van der Waals surface area contributed by atoms with Crippen LogP contribution in [-0.2, 0) is 49.5 Å². The van der Waals surface area contributed by atoms with Crippen LogP contribution in [0.4, 0.5) is 4.79 Å². The Bertz CT molecular complexity index is 1790. The third kappa shape index (κ3) is 13.4. The molecule has 0 saturated carbocycles. The molecule has 1 aromatic rings. The summed E-state index contributed by atoms with van der Waals surface area (Å²) in [6.45, 7) is 13.0. The van der Waals surface area contributed by atoms with Gasteiger partial charge in [0.1, 0.15) is 18.1 Å². The standard InChI is InChI=1S/C44H68N6O11S2/c1-12-26(6)37(47(8)42(56)35(24(2)3)46-40(54)36(25(4)5)48(9)44(59)63-50-34(52)23-32(62)41(50)55)31(60-10)22-33(51)49-20-16-19-30(49)38(61-11)27(7)39(53)45-29(43(57)58)21-28-17-14-13-15-18-28/h13-15,17-18,24-27,29-32,35-38,62H,12,16,19-23H2,1-11H3,(H,45,53)(H,46,54)(H,57,58)/t26-,27+,29-,30-,31+,32?,35-,36-,37-,38+/m0/s1. The number of carboxylic acids is 1. The van der Waals surface area contributed by atoms with Crippen LogP contribution >= 0.6 is 24.6 Å². The van der Waals surface area contributed by atoms with Crippen LogP contribution in [0.1, 0.15) is 86.1 Å². The molecule has 10 atom stereocenters. The molecule has 2 aliphatic rings. The summed E-state index contributed by atoms with van der Waals surface area (Å²) in [6, 6.07) is 4.61. The van der Waals surface area contributed by atoms with E-state index in [0.717, 1.165) is 14.8 Å². The number of carbonyl (C=O) groups is 8. The molecule has 7 amide bonds. The second kappa shape index (κ2) is 24.2. The molecule has 2 aliphatic heterocycles. The van der Waals surface area contributed by atoms with E-state index in [9.17, 15) is 43.5 Å². The molecular formula is C44H68N6O11S2. The van der Waals surface area contributed by atoms with Crippen LogP contribution in [0.3, 0.4) is 0 Å². The first-order valence-corrected chi connectivity index (χ1v) is 22.9. The number of rotatable bonds is 22. The van der Waals surface area contributed by atoms with Crippen LogP contribution in [0.2, 0.25) is 0 Å². The zero-order valence-electron chi connectivity index (χ0n) is 38.4. The first-order valence-electron chi connectivity index (χ1n) is 21.6. The van der Waals surface area contributed by atoms with Crippen LogP contribution in [-0.4, -0.2) is 153 Å². The Kier molecular flexibility index (Phi) is 20.4. The molecule has 0 radical (unpaired) electrons. The second-order valence-electron chi connectivity index (χ2n) is 17.3. The number of imide groups is 1. The number of likely N-dealkylation sites (tertiary alicyclic amines) is 1. The monoisotopic (exact) mass is 920 g/mol. The maximum atomic E-state index is 14.5. The van der Waals surface area contributed by atoms with Gasteiger partial charge < -0.3 is 39.9 Å². The third-order valence-corrected chi connectivity index (χ3v) is 13.7. The number of amides is 7. The molecule has 0 aliphatic carbocycles. The van der Waals surface area contributed by atoms with Gasteiger partial charge in [0.05, 0.1) is 53.8 Å². The zero-order chi connectivity index (χ0) is 47.5. The molecule has 1 aromatic carbocycles. The molecule has 2 fully saturated rings. The summed E-state index contributed by atoms with van der Waals surface area (Å²) in [6.07, 6.45) is 0.149. The predicted octanol–water partition coefficient (Wildman–Crippen LogP) is 3.64. The summed E-state index contributed by atoms with van der Waals surface area (Å²) in [5.41, 5.74) is 0.755. The van der Waals surface area contributed by atoms with Crippen molar-refractivity contribution >= 4 is 71.2 Å². The Morgan fingerprint density at radius 2 is 1.56 bits per heavy atom. The molecule has 0 spiro atoms. The smallest absolute Gasteiger partial charge is 0.326 e. The highest BCUT2D eigenvalue weighted by molar-refractivity contribution is 8.12. The van der Waals surface area contributed by atoms with Gasteiger partial charge in [-0.25, -0.2) is 9.10 Å². The highest BCUT2D eigenvalue weighted by atomic mass is 32.2. The predicted molar refractivity (Wildman–Crippen MR) is 241 cm³/mol. The fourth-order valence-corrected chi connectivity index (χ4v) is 9.64. The van der Waals surface area contributed by atoms with Crippen molar-refractivity contribution in [3.8, 4) is 0 Å². The van der Waals surface area contributed by atoms with E-state index < -0.39 is 106 Å². The number of hydrogen-bond acceptors (Lipinski definition) is 12. The quantitative estimate of drug-likeness (QED) is 0.0747. The maximum absolute atomic E-state index is 14.5. The molecule has 2 saturated heterocycles. The van der Waals surface area contributed by atoms with E-state index >= 15 is 0 Å². The summed E-state index contributed by atoms with van der Waals surface area (Å²) in [7, 11) is 5.96. The number of hydrogen-bond donors (Lipinski definition) is 4. The van der Waals surface area contributed by atoms with Gasteiger partial charge in [-0.15, -0.1) is 0 Å². The number of thiol groups is 1. The van der Waals surface area contributed by atoms with E-state index in [0.29, 0.717) is 37.8 Å². The van der Waals surface area contributed by atoms with Gasteiger partial charge in [-0.05, 0) is 36.2 Å². The number of aliphatic carboxylic acids is 1. The molecule has 3 rings (SSSR count). The lowest BCUT2D eigenvalue weighted by Gasteiger charge is -2.41. The van der Waals surface area contributed by atoms with Crippen molar-refractivity contribution in [2.75, 3.05) is 34.9 Å². The molecule has 2 heterocycles. The maximum Gasteiger partial charge on any atom is 0.326 e. The van der Waals surface area contributed by atoms with Crippen LogP contribution < -0.4 is 10.6 Å². The van der Waals surface area contributed by atoms with Gasteiger partial charge in [0.25, 0.3) is 5.91 Å². The third-order valence-electron chi connectivity index (χ3n) is 12.2. The summed E-state index contributed by atoms with van der Waals surface area (Å²) in [5, 5.41) is 13.9. The van der Waals surface area contributed by atoms with Crippen molar-refractivity contribution in [1.29, 1.82) is 0 Å². The molecule has 19 heteroatoms. The van der Waals surface area contributed by atoms with Crippen molar-refractivity contribution in [3.63, 3.8) is 0 Å². The van der Waals surface area contributed by atoms with Crippen molar-refractivity contribution < 1.29 is 52.9 Å². The first-order chi connectivity index (χ1) is 29.6. The molecule has 0 aromatic heterocycles. The van der Waals surface area contributed by atoms with E-state index in [4.69, 9.17) is 9.47 Å². The van der Waals surface area contributed by atoms with Crippen LogP contribution in [0.25, 0.3) is 0 Å². The molecule has 0 bridgehead atoms. The van der Waals surface area contributed by atoms with Gasteiger partial charge in [0, 0.05) is 47.7 Å². The Morgan fingerprint density at radius 3 is 2.06 bits per heavy atom. The molecule has 17 nitrogen and oxygen atoms in total. The van der Waals surface area contributed by atoms with Gasteiger partial charge in [0.15, 0.2) is 0 Å². The Labute approximate surface area is 381 Å². The second-order valence-corrected chi connectivity index (χ2v) is 18.8. The summed E-state index contributed by atoms with van der Waals surface area (Å²) >= 11 is 4.51. The van der Waals surface area contributed by atoms with Gasteiger partial charge in [-0.3, -0.25) is 33.6 Å². The van der Waals surface area contributed by atoms with Crippen molar-refractivity contribution in [1.82, 2.24) is 29.6 Å². The minimum atomic E-state index is -1.17.